The van der Waals surface area contributed by atoms with Gasteiger partial charge in [0.15, 0.2) is 6.10 Å². The van der Waals surface area contributed by atoms with E-state index < -0.39 is 6.10 Å². The van der Waals surface area contributed by atoms with E-state index in [-0.39, 0.29) is 11.3 Å². The lowest BCUT2D eigenvalue weighted by Crippen LogP contribution is -2.44. The molecule has 1 atom stereocenters. The first kappa shape index (κ1) is 17.0. The van der Waals surface area contributed by atoms with Gasteiger partial charge in [-0.25, -0.2) is 0 Å². The first-order chi connectivity index (χ1) is 9.26. The maximum absolute atomic E-state index is 12.3. The lowest BCUT2D eigenvalue weighted by molar-refractivity contribution is -0.137. The summed E-state index contributed by atoms with van der Waals surface area (Å²) in [5, 5.41) is 0. The number of benzene rings is 1. The van der Waals surface area contributed by atoms with E-state index in [1.165, 1.54) is 0 Å². The molecule has 4 nitrogen and oxygen atoms in total. The van der Waals surface area contributed by atoms with Crippen LogP contribution in [0.3, 0.4) is 0 Å². The van der Waals surface area contributed by atoms with Gasteiger partial charge in [0.25, 0.3) is 5.91 Å². The minimum absolute atomic E-state index is 0.0534. The summed E-state index contributed by atoms with van der Waals surface area (Å²) in [6.07, 6.45) is -0.535. The molecule has 0 aliphatic carbocycles. The predicted octanol–water partition coefficient (Wildman–Crippen LogP) is 2.66. The quantitative estimate of drug-likeness (QED) is 0.864. The molecule has 1 amide bonds. The zero-order valence-electron chi connectivity index (χ0n) is 12.5. The van der Waals surface area contributed by atoms with Gasteiger partial charge in [0.05, 0.1) is 4.47 Å². The fourth-order valence-corrected chi connectivity index (χ4v) is 2.25. The summed E-state index contributed by atoms with van der Waals surface area (Å²) < 4.78 is 6.54. The predicted molar refractivity (Wildman–Crippen MR) is 84.7 cm³/mol. The maximum Gasteiger partial charge on any atom is 0.263 e. The van der Waals surface area contributed by atoms with Crippen molar-refractivity contribution in [2.45, 2.75) is 26.9 Å². The van der Waals surface area contributed by atoms with Crippen molar-refractivity contribution in [2.75, 3.05) is 20.1 Å². The monoisotopic (exact) mass is 342 g/mol. The second kappa shape index (κ2) is 7.09. The van der Waals surface area contributed by atoms with Gasteiger partial charge in [-0.05, 0) is 46.9 Å². The number of nitrogens with zero attached hydrogens (tertiary/aromatic N) is 1. The standard InChI is InChI=1S/C15H23BrN2O2/c1-11(20-13-8-6-5-7-12(13)16)14(19)18(4)10-15(2,3)9-17/h5-8,11H,9-10,17H2,1-4H3. The number of rotatable bonds is 6. The van der Waals surface area contributed by atoms with Crippen LogP contribution in [0.5, 0.6) is 5.75 Å². The van der Waals surface area contributed by atoms with Gasteiger partial charge in [-0.1, -0.05) is 26.0 Å². The Hall–Kier alpha value is -1.07. The van der Waals surface area contributed by atoms with Crippen LogP contribution in [0.25, 0.3) is 0 Å². The highest BCUT2D eigenvalue weighted by Crippen LogP contribution is 2.25. The van der Waals surface area contributed by atoms with Crippen LogP contribution in [0.15, 0.2) is 28.7 Å². The minimum atomic E-state index is -0.535. The molecule has 2 N–H and O–H groups in total. The van der Waals surface area contributed by atoms with Crippen molar-refractivity contribution in [2.24, 2.45) is 11.1 Å². The fourth-order valence-electron chi connectivity index (χ4n) is 1.88. The molecule has 1 rings (SSSR count). The molecule has 0 aromatic heterocycles. The second-order valence-electron chi connectivity index (χ2n) is 5.75. The SMILES string of the molecule is CC(Oc1ccccc1Br)C(=O)N(C)CC(C)(C)CN. The van der Waals surface area contributed by atoms with Gasteiger partial charge in [-0.3, -0.25) is 4.79 Å². The first-order valence-corrected chi connectivity index (χ1v) is 7.42. The van der Waals surface area contributed by atoms with Crippen molar-refractivity contribution >= 4 is 21.8 Å². The van der Waals surface area contributed by atoms with E-state index in [9.17, 15) is 4.79 Å². The molecule has 20 heavy (non-hydrogen) atoms. The van der Waals surface area contributed by atoms with Gasteiger partial charge in [-0.2, -0.15) is 0 Å². The number of carbonyl (C=O) groups excluding carboxylic acids is 1. The molecule has 0 radical (unpaired) electrons. The van der Waals surface area contributed by atoms with Crippen LogP contribution >= 0.6 is 15.9 Å². The molecule has 0 saturated carbocycles. The van der Waals surface area contributed by atoms with Gasteiger partial charge in [-0.15, -0.1) is 0 Å². The smallest absolute Gasteiger partial charge is 0.263 e. The molecular weight excluding hydrogens is 320 g/mol. The number of para-hydroxylation sites is 1. The summed E-state index contributed by atoms with van der Waals surface area (Å²) in [7, 11) is 1.78. The number of halogens is 1. The van der Waals surface area contributed by atoms with Crippen LogP contribution in [0.1, 0.15) is 20.8 Å². The van der Waals surface area contributed by atoms with E-state index in [1.807, 2.05) is 38.1 Å². The minimum Gasteiger partial charge on any atom is -0.480 e. The highest BCUT2D eigenvalue weighted by atomic mass is 79.9. The van der Waals surface area contributed by atoms with Crippen LogP contribution in [0, 0.1) is 5.41 Å². The summed E-state index contributed by atoms with van der Waals surface area (Å²) in [6.45, 7) is 6.97. The molecule has 1 aromatic rings. The number of carbonyl (C=O) groups is 1. The van der Waals surface area contributed by atoms with Gasteiger partial charge < -0.3 is 15.4 Å². The highest BCUT2D eigenvalue weighted by molar-refractivity contribution is 9.10. The van der Waals surface area contributed by atoms with Crippen molar-refractivity contribution in [1.29, 1.82) is 0 Å². The summed E-state index contributed by atoms with van der Waals surface area (Å²) in [4.78, 5) is 14.0. The lowest BCUT2D eigenvalue weighted by atomic mass is 9.93. The van der Waals surface area contributed by atoms with Crippen molar-refractivity contribution in [3.63, 3.8) is 0 Å². The van der Waals surface area contributed by atoms with Crippen LogP contribution in [-0.2, 0) is 4.79 Å². The Morgan fingerprint density at radius 1 is 1.45 bits per heavy atom. The molecule has 112 valence electrons. The Morgan fingerprint density at radius 3 is 2.60 bits per heavy atom. The van der Waals surface area contributed by atoms with Gasteiger partial charge in [0.1, 0.15) is 5.75 Å². The Morgan fingerprint density at radius 2 is 2.05 bits per heavy atom. The molecule has 1 aromatic carbocycles. The van der Waals surface area contributed by atoms with E-state index in [1.54, 1.807) is 18.9 Å². The Kier molecular flexibility index (Phi) is 6.02. The van der Waals surface area contributed by atoms with Crippen molar-refractivity contribution in [3.05, 3.63) is 28.7 Å². The van der Waals surface area contributed by atoms with Crippen LogP contribution in [-0.4, -0.2) is 37.0 Å². The maximum atomic E-state index is 12.3. The number of hydrogen-bond donors (Lipinski definition) is 1. The zero-order valence-corrected chi connectivity index (χ0v) is 14.1. The number of nitrogens with two attached hydrogens (primary N) is 1. The third kappa shape index (κ3) is 4.80. The topological polar surface area (TPSA) is 55.6 Å². The Bertz CT molecular complexity index is 463. The van der Waals surface area contributed by atoms with Crippen LogP contribution in [0.2, 0.25) is 0 Å². The van der Waals surface area contributed by atoms with E-state index in [2.05, 4.69) is 15.9 Å². The van der Waals surface area contributed by atoms with Gasteiger partial charge in [0, 0.05) is 13.6 Å². The molecule has 0 saturated heterocycles. The summed E-state index contributed by atoms with van der Waals surface area (Å²) in [5.74, 6) is 0.613. The normalized spacial score (nSPS) is 12.9. The third-order valence-corrected chi connectivity index (χ3v) is 3.74. The number of hydrogen-bond acceptors (Lipinski definition) is 3. The second-order valence-corrected chi connectivity index (χ2v) is 6.61. The third-order valence-electron chi connectivity index (χ3n) is 3.08. The average Bonchev–Trinajstić information content (AvgIpc) is 2.40. The molecule has 0 aliphatic heterocycles. The first-order valence-electron chi connectivity index (χ1n) is 6.63. The Labute approximate surface area is 129 Å². The van der Waals surface area contributed by atoms with Crippen LogP contribution in [0.4, 0.5) is 0 Å². The van der Waals surface area contributed by atoms with Gasteiger partial charge >= 0.3 is 0 Å². The van der Waals surface area contributed by atoms with E-state index in [4.69, 9.17) is 10.5 Å². The van der Waals surface area contributed by atoms with E-state index >= 15 is 0 Å². The fraction of sp³-hybridized carbons (Fsp3) is 0.533. The van der Waals surface area contributed by atoms with Crippen molar-refractivity contribution < 1.29 is 9.53 Å². The number of likely N-dealkylation sites (N-methyl/N-ethyl adjacent to an activating group) is 1. The largest absolute Gasteiger partial charge is 0.480 e. The number of ether oxygens (including phenoxy) is 1. The summed E-state index contributed by atoms with van der Waals surface area (Å²) in [6, 6.07) is 7.49. The molecule has 0 bridgehead atoms. The van der Waals surface area contributed by atoms with E-state index in [0.717, 1.165) is 4.47 Å². The van der Waals surface area contributed by atoms with Crippen LogP contribution < -0.4 is 10.5 Å². The molecule has 0 spiro atoms. The van der Waals surface area contributed by atoms with Gasteiger partial charge in [0.2, 0.25) is 0 Å². The molecular formula is C15H23BrN2O2. The van der Waals surface area contributed by atoms with Crippen molar-refractivity contribution in [3.8, 4) is 5.75 Å². The summed E-state index contributed by atoms with van der Waals surface area (Å²) in [5.41, 5.74) is 5.60. The number of amides is 1. The molecule has 0 fully saturated rings. The molecule has 0 heterocycles. The Balaban J connectivity index is 2.65. The lowest BCUT2D eigenvalue weighted by Gasteiger charge is -2.30. The molecule has 0 aliphatic rings. The van der Waals surface area contributed by atoms with E-state index in [0.29, 0.717) is 18.8 Å². The highest BCUT2D eigenvalue weighted by Gasteiger charge is 2.25. The van der Waals surface area contributed by atoms with Crippen molar-refractivity contribution in [1.82, 2.24) is 4.90 Å². The summed E-state index contributed by atoms with van der Waals surface area (Å²) >= 11 is 3.40. The molecule has 1 unspecified atom stereocenters. The zero-order chi connectivity index (χ0) is 15.3. The molecule has 5 heteroatoms. The average molecular weight is 343 g/mol.